The smallest absolute Gasteiger partial charge is 0.253 e. The van der Waals surface area contributed by atoms with Crippen LogP contribution >= 0.6 is 15.9 Å². The van der Waals surface area contributed by atoms with E-state index in [1.165, 1.54) is 5.56 Å². The fourth-order valence-electron chi connectivity index (χ4n) is 3.50. The van der Waals surface area contributed by atoms with Gasteiger partial charge in [0.2, 0.25) is 0 Å². The Morgan fingerprint density at radius 2 is 1.80 bits per heavy atom. The molecule has 2 aliphatic carbocycles. The van der Waals surface area contributed by atoms with Gasteiger partial charge in [0, 0.05) is 10.4 Å². The molecule has 1 saturated carbocycles. The van der Waals surface area contributed by atoms with Crippen LogP contribution in [0.4, 0.5) is 0 Å². The van der Waals surface area contributed by atoms with Crippen molar-refractivity contribution in [3.8, 4) is 0 Å². The van der Waals surface area contributed by atoms with Crippen molar-refractivity contribution in [1.82, 2.24) is 0 Å². The van der Waals surface area contributed by atoms with E-state index < -0.39 is 0 Å². The molecular weight excluding hydrogens is 318 g/mol. The number of guanidine groups is 1. The fraction of sp³-hybridized carbons (Fsp3) is 0.333. The van der Waals surface area contributed by atoms with Gasteiger partial charge in [-0.2, -0.15) is 4.99 Å². The molecule has 0 aliphatic heterocycles. The first-order valence-electron chi connectivity index (χ1n) is 6.63. The van der Waals surface area contributed by atoms with Gasteiger partial charge in [-0.3, -0.25) is 4.79 Å². The van der Waals surface area contributed by atoms with Crippen LogP contribution in [-0.2, 0) is 4.79 Å². The number of hydrogen-bond acceptors (Lipinski definition) is 1. The minimum atomic E-state index is -0.199. The van der Waals surface area contributed by atoms with E-state index in [0.29, 0.717) is 5.92 Å². The monoisotopic (exact) mass is 333 g/mol. The average Bonchev–Trinajstić information content (AvgIpc) is 2.99. The molecule has 1 aromatic rings. The van der Waals surface area contributed by atoms with Gasteiger partial charge in [0.25, 0.3) is 5.91 Å². The molecule has 1 fully saturated rings. The molecule has 2 unspecified atom stereocenters. The molecule has 4 nitrogen and oxygen atoms in total. The van der Waals surface area contributed by atoms with E-state index in [0.717, 1.165) is 10.9 Å². The van der Waals surface area contributed by atoms with Crippen LogP contribution in [0.15, 0.2) is 45.9 Å². The van der Waals surface area contributed by atoms with Crippen molar-refractivity contribution < 1.29 is 4.79 Å². The van der Waals surface area contributed by atoms with Gasteiger partial charge in [0.15, 0.2) is 5.96 Å². The zero-order valence-corrected chi connectivity index (χ0v) is 12.5. The second-order valence-corrected chi connectivity index (χ2v) is 6.34. The summed E-state index contributed by atoms with van der Waals surface area (Å²) >= 11 is 3.44. The molecule has 104 valence electrons. The second-order valence-electron chi connectivity index (χ2n) is 5.43. The zero-order chi connectivity index (χ0) is 14.3. The van der Waals surface area contributed by atoms with Crippen LogP contribution in [0.25, 0.3) is 0 Å². The number of amides is 1. The Morgan fingerprint density at radius 1 is 1.15 bits per heavy atom. The van der Waals surface area contributed by atoms with E-state index in [1.807, 2.05) is 12.1 Å². The highest BCUT2D eigenvalue weighted by molar-refractivity contribution is 9.10. The van der Waals surface area contributed by atoms with Crippen LogP contribution in [0.1, 0.15) is 17.9 Å². The standard InChI is InChI=1S/C15H16BrN3O/c16-11-5-3-8(4-6-11)12-9-1-2-10(7-9)13(12)14(20)19-15(17)18/h1-6,9-10,12-13H,7H2,(H4,17,18,19,20)/t9?,10?,12-,13-/m1/s1. The van der Waals surface area contributed by atoms with Gasteiger partial charge in [-0.15, -0.1) is 0 Å². The van der Waals surface area contributed by atoms with Crippen molar-refractivity contribution in [2.75, 3.05) is 0 Å². The van der Waals surface area contributed by atoms with Crippen molar-refractivity contribution in [2.45, 2.75) is 12.3 Å². The third kappa shape index (κ3) is 2.26. The highest BCUT2D eigenvalue weighted by atomic mass is 79.9. The molecule has 2 bridgehead atoms. The summed E-state index contributed by atoms with van der Waals surface area (Å²) in [5.41, 5.74) is 11.9. The molecule has 1 aromatic carbocycles. The van der Waals surface area contributed by atoms with Crippen molar-refractivity contribution in [3.63, 3.8) is 0 Å². The number of aliphatic imine (C=N–C) groups is 1. The van der Waals surface area contributed by atoms with E-state index in [-0.39, 0.29) is 29.6 Å². The molecule has 0 radical (unpaired) electrons. The van der Waals surface area contributed by atoms with Gasteiger partial charge >= 0.3 is 0 Å². The number of benzene rings is 1. The van der Waals surface area contributed by atoms with Gasteiger partial charge in [-0.1, -0.05) is 40.2 Å². The molecule has 20 heavy (non-hydrogen) atoms. The third-order valence-corrected chi connectivity index (χ3v) is 4.77. The lowest BCUT2D eigenvalue weighted by molar-refractivity contribution is -0.122. The maximum Gasteiger partial charge on any atom is 0.253 e. The predicted octanol–water partition coefficient (Wildman–Crippen LogP) is 2.15. The molecule has 4 atom stereocenters. The number of rotatable bonds is 2. The Balaban J connectivity index is 1.95. The number of halogens is 1. The summed E-state index contributed by atoms with van der Waals surface area (Å²) in [5, 5.41) is 0. The van der Waals surface area contributed by atoms with Crippen LogP contribution in [0.2, 0.25) is 0 Å². The number of fused-ring (bicyclic) bond motifs is 2. The lowest BCUT2D eigenvalue weighted by atomic mass is 9.78. The van der Waals surface area contributed by atoms with E-state index in [4.69, 9.17) is 11.5 Å². The van der Waals surface area contributed by atoms with Crippen molar-refractivity contribution in [1.29, 1.82) is 0 Å². The Labute approximate surface area is 126 Å². The maximum atomic E-state index is 12.3. The van der Waals surface area contributed by atoms with Gasteiger partial charge < -0.3 is 11.5 Å². The summed E-state index contributed by atoms with van der Waals surface area (Å²) in [4.78, 5) is 16.1. The molecule has 0 spiro atoms. The Morgan fingerprint density at radius 3 is 2.45 bits per heavy atom. The molecule has 5 heteroatoms. The summed E-state index contributed by atoms with van der Waals surface area (Å²) in [5.74, 6) is 0.335. The molecule has 0 heterocycles. The Kier molecular flexibility index (Phi) is 3.38. The fourth-order valence-corrected chi connectivity index (χ4v) is 3.76. The molecule has 3 rings (SSSR count). The number of allylic oxidation sites excluding steroid dienone is 2. The SMILES string of the molecule is NC(N)=NC(=O)[C@@H]1C2C=CC(C2)[C@H]1c1ccc(Br)cc1. The third-order valence-electron chi connectivity index (χ3n) is 4.24. The van der Waals surface area contributed by atoms with Gasteiger partial charge in [-0.05, 0) is 36.0 Å². The second kappa shape index (κ2) is 5.05. The molecule has 0 aromatic heterocycles. The summed E-state index contributed by atoms with van der Waals surface area (Å²) in [6.45, 7) is 0. The largest absolute Gasteiger partial charge is 0.370 e. The van der Waals surface area contributed by atoms with Crippen molar-refractivity contribution in [2.24, 2.45) is 34.2 Å². The number of hydrogen-bond donors (Lipinski definition) is 2. The van der Waals surface area contributed by atoms with Crippen LogP contribution in [0, 0.1) is 17.8 Å². The number of carbonyl (C=O) groups excluding carboxylic acids is 1. The Bertz CT molecular complexity index is 590. The van der Waals surface area contributed by atoms with E-state index in [1.54, 1.807) is 0 Å². The Hall–Kier alpha value is -1.62. The normalized spacial score (nSPS) is 30.4. The molecule has 0 saturated heterocycles. The number of carbonyl (C=O) groups is 1. The highest BCUT2D eigenvalue weighted by Gasteiger charge is 2.48. The lowest BCUT2D eigenvalue weighted by Crippen LogP contribution is -2.30. The van der Waals surface area contributed by atoms with E-state index in [2.05, 4.69) is 45.2 Å². The highest BCUT2D eigenvalue weighted by Crippen LogP contribution is 2.53. The van der Waals surface area contributed by atoms with E-state index >= 15 is 0 Å². The maximum absolute atomic E-state index is 12.3. The lowest BCUT2D eigenvalue weighted by Gasteiger charge is -2.26. The van der Waals surface area contributed by atoms with Gasteiger partial charge in [-0.25, -0.2) is 0 Å². The average molecular weight is 334 g/mol. The minimum absolute atomic E-state index is 0.145. The summed E-state index contributed by atoms with van der Waals surface area (Å²) in [6, 6.07) is 8.15. The molecule has 1 amide bonds. The molecule has 2 aliphatic rings. The molecular formula is C15H16BrN3O. The first-order chi connectivity index (χ1) is 9.56. The summed E-state index contributed by atoms with van der Waals surface area (Å²) in [7, 11) is 0. The quantitative estimate of drug-likeness (QED) is 0.494. The van der Waals surface area contributed by atoms with Crippen molar-refractivity contribution in [3.05, 3.63) is 46.5 Å². The summed E-state index contributed by atoms with van der Waals surface area (Å²) in [6.07, 6.45) is 5.36. The summed E-state index contributed by atoms with van der Waals surface area (Å²) < 4.78 is 1.03. The van der Waals surface area contributed by atoms with E-state index in [9.17, 15) is 4.79 Å². The number of nitrogens with two attached hydrogens (primary N) is 2. The first kappa shape index (κ1) is 13.4. The number of nitrogens with zero attached hydrogens (tertiary/aromatic N) is 1. The van der Waals surface area contributed by atoms with Crippen LogP contribution in [-0.4, -0.2) is 11.9 Å². The van der Waals surface area contributed by atoms with Crippen LogP contribution in [0.5, 0.6) is 0 Å². The van der Waals surface area contributed by atoms with Crippen LogP contribution in [0.3, 0.4) is 0 Å². The molecule has 4 N–H and O–H groups in total. The minimum Gasteiger partial charge on any atom is -0.370 e. The zero-order valence-electron chi connectivity index (χ0n) is 10.9. The topological polar surface area (TPSA) is 81.5 Å². The first-order valence-corrected chi connectivity index (χ1v) is 7.43. The van der Waals surface area contributed by atoms with Crippen molar-refractivity contribution >= 4 is 27.8 Å². The van der Waals surface area contributed by atoms with Gasteiger partial charge in [0.1, 0.15) is 0 Å². The van der Waals surface area contributed by atoms with Crippen LogP contribution < -0.4 is 11.5 Å². The predicted molar refractivity (Wildman–Crippen MR) is 81.9 cm³/mol. The van der Waals surface area contributed by atoms with Gasteiger partial charge in [0.05, 0.1) is 5.92 Å².